The molecule has 0 saturated carbocycles. The fourth-order valence-electron chi connectivity index (χ4n) is 9.88. The summed E-state index contributed by atoms with van der Waals surface area (Å²) in [4.78, 5) is 53.5. The molecule has 4 fully saturated rings. The number of amides is 2. The average Bonchev–Trinajstić information content (AvgIpc) is 3.98. The van der Waals surface area contributed by atoms with Crippen LogP contribution in [0.1, 0.15) is 64.5 Å². The second-order valence-electron chi connectivity index (χ2n) is 20.5. The maximum Gasteiger partial charge on any atom is 0.416 e. The van der Waals surface area contributed by atoms with E-state index >= 15 is 0 Å². The molecule has 80 heavy (non-hydrogen) atoms. The van der Waals surface area contributed by atoms with Crippen molar-refractivity contribution in [3.63, 3.8) is 0 Å². The van der Waals surface area contributed by atoms with Crippen LogP contribution >= 0.6 is 0 Å². The normalized spacial score (nSPS) is 21.4. The van der Waals surface area contributed by atoms with Gasteiger partial charge in [-0.25, -0.2) is 24.7 Å². The molecule has 21 nitrogen and oxygen atoms in total. The lowest BCUT2D eigenvalue weighted by Crippen LogP contribution is -2.56. The Morgan fingerprint density at radius 2 is 1.27 bits per heavy atom. The number of carbonyl (C=O) groups excluding carboxylic acids is 1. The van der Waals surface area contributed by atoms with E-state index in [-0.39, 0.29) is 47.9 Å². The van der Waals surface area contributed by atoms with Gasteiger partial charge in [0.25, 0.3) is 0 Å². The van der Waals surface area contributed by atoms with Gasteiger partial charge in [0.2, 0.25) is 11.8 Å². The van der Waals surface area contributed by atoms with Crippen LogP contribution < -0.4 is 40.5 Å². The zero-order valence-electron chi connectivity index (χ0n) is 44.0. The summed E-state index contributed by atoms with van der Waals surface area (Å²) in [7, 11) is 0. The summed E-state index contributed by atoms with van der Waals surface area (Å²) in [5, 5.41) is 6.14. The molecule has 12 rings (SSSR count). The number of benzene rings is 2. The summed E-state index contributed by atoms with van der Waals surface area (Å²) in [5.74, 6) is 1.32. The lowest BCUT2D eigenvalue weighted by atomic mass is 10.0. The summed E-state index contributed by atoms with van der Waals surface area (Å²) in [5.41, 5.74) is 6.12. The first kappa shape index (κ1) is 55.6. The van der Waals surface area contributed by atoms with E-state index in [2.05, 4.69) is 60.3 Å². The number of hydrogen-bond acceptors (Lipinski definition) is 19. The summed E-state index contributed by atoms with van der Waals surface area (Å²) in [6.45, 7) is 12.1. The van der Waals surface area contributed by atoms with Gasteiger partial charge >= 0.3 is 18.4 Å². The maximum atomic E-state index is 13.7. The van der Waals surface area contributed by atoms with Crippen molar-refractivity contribution < 1.29 is 59.6 Å². The van der Waals surface area contributed by atoms with Gasteiger partial charge in [-0.05, 0) is 77.6 Å². The molecule has 6 aromatic rings. The largest absolute Gasteiger partial charge is 0.474 e. The predicted molar refractivity (Wildman–Crippen MR) is 280 cm³/mol. The second kappa shape index (κ2) is 22.8. The van der Waals surface area contributed by atoms with Gasteiger partial charge in [0.1, 0.15) is 31.2 Å². The van der Waals surface area contributed by atoms with E-state index in [0.29, 0.717) is 72.8 Å². The number of halogens is 6. The van der Waals surface area contributed by atoms with E-state index in [1.165, 1.54) is 47.9 Å². The number of aromatic nitrogens is 8. The number of fused-ring (bicyclic) bond motifs is 8. The molecule has 4 saturated heterocycles. The Kier molecular flexibility index (Phi) is 15.8. The fraction of sp³-hybridized carbons (Fsp3) is 0.453. The molecule has 6 aliphatic rings. The molecule has 4 N–H and O–H groups in total. The van der Waals surface area contributed by atoms with Gasteiger partial charge < -0.3 is 49.3 Å². The topological polar surface area (TPSA) is 235 Å². The van der Waals surface area contributed by atoms with Crippen LogP contribution in [0.5, 0.6) is 11.8 Å². The molecule has 0 aliphatic carbocycles. The SMILES string of the molecule is CC1(C)OC[C@H](COc2cncc(N)n2)O1.CC1(C)OC[C@H](COc2cncc(NC(=O)N3c4nc(-c5cccc(C(F)(F)F)c5)ncc4N4CCC[C@H]3C4)n2)O1.FC(F)(F)c1cccc(-c2ncc3c(n2)N[C@H]2CCCN3C2)c1. The van der Waals surface area contributed by atoms with Crippen molar-refractivity contribution in [2.75, 3.05) is 83.7 Å². The standard InChI is InChI=1S/C27H28F3N7O4.C16H15F3N4.C10H15N3O3/c1-26(2)40-15-19(41-26)14-39-22-12-31-11-21(33-22)34-25(38)37-18-7-4-8-36(13-18)20-10-32-23(35-24(20)37)16-5-3-6-17(9-16)27(28,29)30;17-16(18,19)11-4-1-3-10(7-11)14-20-8-13-15(22-14)21-12-5-2-6-23(13)9-12;1-10(2)15-6-7(16-10)5-14-9-4-12-3-8(11)13-9/h3,5-6,9-12,18-19H,4,7-8,13-15H2,1-2H3,(H,33,34,38);1,3-4,7-8,12H,2,5-6,9H2,(H,20,21,22);3-4,7H,5-6H2,1-2H3,(H2,11,13)/t18-,19-;12-;7-/m000/s1. The highest BCUT2D eigenvalue weighted by molar-refractivity contribution is 6.04. The lowest BCUT2D eigenvalue weighted by molar-refractivity contribution is -0.142. The Labute approximate surface area is 455 Å². The van der Waals surface area contributed by atoms with Crippen molar-refractivity contribution in [3.05, 3.63) is 96.8 Å². The zero-order valence-corrected chi connectivity index (χ0v) is 44.0. The minimum atomic E-state index is -4.51. The van der Waals surface area contributed by atoms with Gasteiger partial charge in [0.05, 0.1) is 78.9 Å². The van der Waals surface area contributed by atoms with Crippen molar-refractivity contribution in [2.24, 2.45) is 0 Å². The van der Waals surface area contributed by atoms with Crippen molar-refractivity contribution in [2.45, 2.75) is 102 Å². The molecule has 2 amide bonds. The molecule has 0 unspecified atom stereocenters. The molecule has 2 aromatic carbocycles. The lowest BCUT2D eigenvalue weighted by Gasteiger charge is -2.45. The number of anilines is 6. The summed E-state index contributed by atoms with van der Waals surface area (Å²) in [6, 6.07) is 9.59. The summed E-state index contributed by atoms with van der Waals surface area (Å²) >= 11 is 0. The van der Waals surface area contributed by atoms with Crippen LogP contribution in [0.2, 0.25) is 0 Å². The molecule has 424 valence electrons. The van der Waals surface area contributed by atoms with Crippen molar-refractivity contribution in [1.82, 2.24) is 39.9 Å². The van der Waals surface area contributed by atoms with Gasteiger partial charge in [-0.1, -0.05) is 24.3 Å². The van der Waals surface area contributed by atoms with Crippen molar-refractivity contribution >= 4 is 40.7 Å². The molecule has 0 radical (unpaired) electrons. The number of piperidine rings is 2. The molecule has 6 aliphatic heterocycles. The van der Waals surface area contributed by atoms with E-state index in [4.69, 9.17) is 34.2 Å². The molecule has 10 heterocycles. The first-order valence-electron chi connectivity index (χ1n) is 25.9. The molecule has 4 bridgehead atoms. The number of rotatable bonds is 9. The van der Waals surface area contributed by atoms with Crippen LogP contribution in [-0.4, -0.2) is 134 Å². The van der Waals surface area contributed by atoms with Crippen LogP contribution in [0.3, 0.4) is 0 Å². The third kappa shape index (κ3) is 13.5. The number of hydrogen-bond donors (Lipinski definition) is 3. The third-order valence-electron chi connectivity index (χ3n) is 13.5. The van der Waals surface area contributed by atoms with E-state index < -0.39 is 41.1 Å². The van der Waals surface area contributed by atoms with Crippen LogP contribution in [-0.2, 0) is 31.3 Å². The average molecular weight is 1120 g/mol. The van der Waals surface area contributed by atoms with Crippen molar-refractivity contribution in [1.29, 1.82) is 0 Å². The Balaban J connectivity index is 0.000000154. The number of carbonyl (C=O) groups is 1. The Bertz CT molecular complexity index is 3180. The zero-order chi connectivity index (χ0) is 56.4. The maximum absolute atomic E-state index is 13.7. The third-order valence-corrected chi connectivity index (χ3v) is 13.5. The van der Waals surface area contributed by atoms with Crippen molar-refractivity contribution in [3.8, 4) is 34.5 Å². The first-order chi connectivity index (χ1) is 38.1. The van der Waals surface area contributed by atoms with Gasteiger partial charge in [-0.15, -0.1) is 0 Å². The van der Waals surface area contributed by atoms with Gasteiger partial charge in [-0.3, -0.25) is 20.2 Å². The highest BCUT2D eigenvalue weighted by Crippen LogP contribution is 2.41. The molecule has 4 aromatic heterocycles. The number of alkyl halides is 6. The quantitative estimate of drug-likeness (QED) is 0.115. The molecular formula is C53H58F6N14O7. The monoisotopic (exact) mass is 1120 g/mol. The minimum Gasteiger partial charge on any atom is -0.474 e. The smallest absolute Gasteiger partial charge is 0.416 e. The highest BCUT2D eigenvalue weighted by atomic mass is 19.4. The van der Waals surface area contributed by atoms with Gasteiger partial charge in [0.15, 0.2) is 40.7 Å². The van der Waals surface area contributed by atoms with Crippen LogP contribution in [0.25, 0.3) is 22.8 Å². The number of urea groups is 1. The van der Waals surface area contributed by atoms with Gasteiger partial charge in [-0.2, -0.15) is 36.3 Å². The number of nitrogens with two attached hydrogens (primary N) is 1. The molecule has 4 atom stereocenters. The Hall–Kier alpha value is -7.75. The highest BCUT2D eigenvalue weighted by Gasteiger charge is 2.40. The first-order valence-corrected chi connectivity index (χ1v) is 25.9. The molecule has 0 spiro atoms. The van der Waals surface area contributed by atoms with Crippen LogP contribution in [0.4, 0.5) is 65.8 Å². The van der Waals surface area contributed by atoms with E-state index in [9.17, 15) is 31.1 Å². The second-order valence-corrected chi connectivity index (χ2v) is 20.5. The van der Waals surface area contributed by atoms with Crippen LogP contribution in [0.15, 0.2) is 85.7 Å². The van der Waals surface area contributed by atoms with E-state index in [1.807, 2.05) is 27.7 Å². The molecular weight excluding hydrogens is 1060 g/mol. The number of nitrogens with one attached hydrogen (secondary N) is 2. The fourth-order valence-corrected chi connectivity index (χ4v) is 9.88. The van der Waals surface area contributed by atoms with Gasteiger partial charge in [0, 0.05) is 43.3 Å². The number of nitrogen functional groups attached to an aromatic ring is 1. The van der Waals surface area contributed by atoms with E-state index in [1.54, 1.807) is 18.5 Å². The predicted octanol–water partition coefficient (Wildman–Crippen LogP) is 8.65. The summed E-state index contributed by atoms with van der Waals surface area (Å²) in [6.07, 6.45) is 3.63. The van der Waals surface area contributed by atoms with E-state index in [0.717, 1.165) is 75.3 Å². The number of nitrogens with zero attached hydrogens (tertiary/aromatic N) is 11. The minimum absolute atomic E-state index is 0.0850. The van der Waals surface area contributed by atoms with Crippen LogP contribution in [0, 0.1) is 0 Å². The number of ether oxygens (including phenoxy) is 6. The Morgan fingerprint density at radius 3 is 1.86 bits per heavy atom. The summed E-state index contributed by atoms with van der Waals surface area (Å²) < 4.78 is 112. The Morgan fingerprint density at radius 1 is 0.713 bits per heavy atom. The molecule has 27 heteroatoms.